The molecule has 2 N–H and O–H groups in total. The molecular weight excluding hydrogens is 422 g/mol. The van der Waals surface area contributed by atoms with E-state index < -0.39 is 20.3 Å². The van der Waals surface area contributed by atoms with Crippen LogP contribution in [-0.4, -0.2) is 30.0 Å². The highest BCUT2D eigenvalue weighted by Crippen LogP contribution is 2.21. The Morgan fingerprint density at radius 3 is 2.53 bits per heavy atom. The number of sulfone groups is 1. The number of H-pyrrole nitrogens is 1. The smallest absolute Gasteiger partial charge is 0.270 e. The van der Waals surface area contributed by atoms with Gasteiger partial charge < -0.3 is 10.3 Å². The lowest BCUT2D eigenvalue weighted by Crippen LogP contribution is -2.20. The number of aromatic amines is 1. The van der Waals surface area contributed by atoms with Crippen LogP contribution in [0.3, 0.4) is 0 Å². The number of nitrogens with one attached hydrogen (secondary N) is 2. The average Bonchev–Trinajstić information content (AvgIpc) is 2.68. The van der Waals surface area contributed by atoms with Gasteiger partial charge in [0.25, 0.3) is 5.56 Å². The van der Waals surface area contributed by atoms with Gasteiger partial charge in [-0.05, 0) is 61.7 Å². The van der Waals surface area contributed by atoms with Gasteiger partial charge in [0, 0.05) is 5.69 Å². The molecule has 0 spiro atoms. The van der Waals surface area contributed by atoms with E-state index in [1.807, 2.05) is 32.0 Å². The van der Waals surface area contributed by atoms with Crippen LogP contribution in [0.15, 0.2) is 68.4 Å². The maximum atomic E-state index is 12.8. The number of thioether (sulfide) groups is 1. The molecule has 9 heteroatoms. The molecule has 1 aromatic heterocycles. The molecule has 156 valence electrons. The monoisotopic (exact) mass is 443 g/mol. The Bertz CT molecular complexity index is 1270. The molecule has 0 saturated heterocycles. The second kappa shape index (κ2) is 8.85. The van der Waals surface area contributed by atoms with Crippen molar-refractivity contribution in [1.82, 2.24) is 9.97 Å². The molecule has 3 aromatic rings. The van der Waals surface area contributed by atoms with Crippen molar-refractivity contribution in [1.29, 1.82) is 0 Å². The van der Waals surface area contributed by atoms with Crippen molar-refractivity contribution >= 4 is 33.2 Å². The number of carbonyl (C=O) groups is 1. The molecule has 7 nitrogen and oxygen atoms in total. The summed E-state index contributed by atoms with van der Waals surface area (Å²) in [5, 5.41) is 2.92. The second-order valence-electron chi connectivity index (χ2n) is 6.84. The highest BCUT2D eigenvalue weighted by molar-refractivity contribution is 7.99. The standard InChI is InChI=1S/C21H21N3O4S2/c1-13-5-4-6-16(9-13)23-19(25)12-29-21-22-11-18(20(26)24-21)30(27,28)17-8-7-14(2)15(3)10-17/h4-11H,12H2,1-3H3,(H,23,25)(H,22,24,26). The SMILES string of the molecule is Cc1cccc(NC(=O)CSc2ncc(S(=O)(=O)c3ccc(C)c(C)c3)c(=O)[nH]2)c1. The normalized spacial score (nSPS) is 11.3. The van der Waals surface area contributed by atoms with Crippen molar-refractivity contribution in [2.75, 3.05) is 11.1 Å². The van der Waals surface area contributed by atoms with E-state index in [0.29, 0.717) is 5.69 Å². The molecule has 1 amide bonds. The molecule has 0 aliphatic carbocycles. The largest absolute Gasteiger partial charge is 0.325 e. The van der Waals surface area contributed by atoms with E-state index in [9.17, 15) is 18.0 Å². The Morgan fingerprint density at radius 1 is 1.10 bits per heavy atom. The highest BCUT2D eigenvalue weighted by atomic mass is 32.2. The second-order valence-corrected chi connectivity index (χ2v) is 9.72. The molecular formula is C21H21N3O4S2. The Kier molecular flexibility index (Phi) is 6.42. The zero-order chi connectivity index (χ0) is 21.9. The zero-order valence-electron chi connectivity index (χ0n) is 16.7. The van der Waals surface area contributed by atoms with Crippen molar-refractivity contribution in [2.24, 2.45) is 0 Å². The van der Waals surface area contributed by atoms with E-state index in [1.54, 1.807) is 19.1 Å². The lowest BCUT2D eigenvalue weighted by molar-refractivity contribution is -0.113. The van der Waals surface area contributed by atoms with E-state index in [2.05, 4.69) is 15.3 Å². The zero-order valence-corrected chi connectivity index (χ0v) is 18.4. The number of anilines is 1. The summed E-state index contributed by atoms with van der Waals surface area (Å²) in [5.74, 6) is -0.250. The van der Waals surface area contributed by atoms with Gasteiger partial charge in [-0.1, -0.05) is 30.0 Å². The number of hydrogen-bond acceptors (Lipinski definition) is 6. The number of nitrogens with zero attached hydrogens (tertiary/aromatic N) is 1. The summed E-state index contributed by atoms with van der Waals surface area (Å²) in [6.07, 6.45) is 1.03. The van der Waals surface area contributed by atoms with Crippen LogP contribution in [0.25, 0.3) is 0 Å². The molecule has 0 unspecified atom stereocenters. The molecule has 0 atom stereocenters. The van der Waals surface area contributed by atoms with Crippen molar-refractivity contribution < 1.29 is 13.2 Å². The Labute approximate surface area is 178 Å². The molecule has 30 heavy (non-hydrogen) atoms. The summed E-state index contributed by atoms with van der Waals surface area (Å²) in [4.78, 5) is 30.6. The van der Waals surface area contributed by atoms with Gasteiger partial charge in [0.2, 0.25) is 15.7 Å². The van der Waals surface area contributed by atoms with Gasteiger partial charge in [-0.2, -0.15) is 0 Å². The summed E-state index contributed by atoms with van der Waals surface area (Å²) in [6, 6.07) is 12.1. The van der Waals surface area contributed by atoms with E-state index in [-0.39, 0.29) is 21.7 Å². The fraction of sp³-hybridized carbons (Fsp3) is 0.190. The van der Waals surface area contributed by atoms with E-state index in [4.69, 9.17) is 0 Å². The van der Waals surface area contributed by atoms with Gasteiger partial charge in [0.15, 0.2) is 10.1 Å². The van der Waals surface area contributed by atoms with Crippen LogP contribution in [-0.2, 0) is 14.6 Å². The molecule has 3 rings (SSSR count). The van der Waals surface area contributed by atoms with E-state index in [0.717, 1.165) is 34.6 Å². The summed E-state index contributed by atoms with van der Waals surface area (Å²) in [6.45, 7) is 5.60. The van der Waals surface area contributed by atoms with Crippen molar-refractivity contribution in [3.63, 3.8) is 0 Å². The maximum Gasteiger partial charge on any atom is 0.270 e. The molecule has 0 aliphatic rings. The summed E-state index contributed by atoms with van der Waals surface area (Å²) in [5.41, 5.74) is 2.69. The van der Waals surface area contributed by atoms with Gasteiger partial charge in [-0.25, -0.2) is 13.4 Å². The van der Waals surface area contributed by atoms with Crippen molar-refractivity contribution in [3.8, 4) is 0 Å². The van der Waals surface area contributed by atoms with Crippen LogP contribution >= 0.6 is 11.8 Å². The summed E-state index contributed by atoms with van der Waals surface area (Å²) < 4.78 is 25.6. The van der Waals surface area contributed by atoms with E-state index >= 15 is 0 Å². The quantitative estimate of drug-likeness (QED) is 0.447. The first-order valence-corrected chi connectivity index (χ1v) is 11.5. The number of aromatic nitrogens is 2. The van der Waals surface area contributed by atoms with Crippen molar-refractivity contribution in [3.05, 3.63) is 75.7 Å². The topological polar surface area (TPSA) is 109 Å². The van der Waals surface area contributed by atoms with Crippen molar-refractivity contribution in [2.45, 2.75) is 35.7 Å². The van der Waals surface area contributed by atoms with Crippen LogP contribution in [0.5, 0.6) is 0 Å². The Morgan fingerprint density at radius 2 is 1.87 bits per heavy atom. The first kappa shape index (κ1) is 21.8. The van der Waals surface area contributed by atoms with Crippen LogP contribution in [0.1, 0.15) is 16.7 Å². The third-order valence-corrected chi connectivity index (χ3v) is 7.10. The average molecular weight is 444 g/mol. The highest BCUT2D eigenvalue weighted by Gasteiger charge is 2.23. The third-order valence-electron chi connectivity index (χ3n) is 4.46. The first-order valence-electron chi connectivity index (χ1n) is 9.08. The van der Waals surface area contributed by atoms with Crippen LogP contribution in [0.4, 0.5) is 5.69 Å². The number of benzene rings is 2. The minimum Gasteiger partial charge on any atom is -0.325 e. The number of carbonyl (C=O) groups excluding carboxylic acids is 1. The Balaban J connectivity index is 1.72. The number of rotatable bonds is 6. The molecule has 2 aromatic carbocycles. The number of amides is 1. The fourth-order valence-electron chi connectivity index (χ4n) is 2.69. The summed E-state index contributed by atoms with van der Waals surface area (Å²) in [7, 11) is -4.00. The number of aryl methyl sites for hydroxylation is 3. The molecule has 0 radical (unpaired) electrons. The van der Waals surface area contributed by atoms with Crippen LogP contribution in [0, 0.1) is 20.8 Å². The lowest BCUT2D eigenvalue weighted by atomic mass is 10.1. The molecule has 0 aliphatic heterocycles. The van der Waals surface area contributed by atoms with Gasteiger partial charge in [-0.15, -0.1) is 0 Å². The maximum absolute atomic E-state index is 12.8. The van der Waals surface area contributed by atoms with Gasteiger partial charge in [0.1, 0.15) is 0 Å². The predicted molar refractivity (Wildman–Crippen MR) is 117 cm³/mol. The van der Waals surface area contributed by atoms with Crippen LogP contribution in [0.2, 0.25) is 0 Å². The Hall–Kier alpha value is -2.91. The minimum absolute atomic E-state index is 0.0140. The summed E-state index contributed by atoms with van der Waals surface area (Å²) >= 11 is 1.01. The molecule has 0 bridgehead atoms. The van der Waals surface area contributed by atoms with Gasteiger partial charge in [0.05, 0.1) is 16.8 Å². The van der Waals surface area contributed by atoms with Gasteiger partial charge in [-0.3, -0.25) is 9.59 Å². The lowest BCUT2D eigenvalue weighted by Gasteiger charge is -2.08. The fourth-order valence-corrected chi connectivity index (χ4v) is 4.65. The third kappa shape index (κ3) is 4.98. The van der Waals surface area contributed by atoms with Crippen LogP contribution < -0.4 is 10.9 Å². The number of hydrogen-bond donors (Lipinski definition) is 2. The molecule has 0 saturated carbocycles. The molecule has 1 heterocycles. The molecule has 0 fully saturated rings. The van der Waals surface area contributed by atoms with E-state index in [1.165, 1.54) is 12.1 Å². The minimum atomic E-state index is -4.00. The predicted octanol–water partition coefficient (Wildman–Crippen LogP) is 3.26. The van der Waals surface area contributed by atoms with Gasteiger partial charge >= 0.3 is 0 Å². The first-order chi connectivity index (χ1) is 14.2.